The van der Waals surface area contributed by atoms with Crippen molar-refractivity contribution < 1.29 is 0 Å². The standard InChI is InChI=1S/C47H32N2/c1-47(2)39-19-11-10-18-35(39)36-24-22-32(28-40(36)47)49-42-27-25-37-43-33-16-8-6-12-29(33)21-26-41(43)48(31-14-4-3-5-15-31)46(37)44(42)38-23-20-30-13-7-9-17-34(30)45(38)49/h3-28H,1-2H3. The van der Waals surface area contributed by atoms with Crippen LogP contribution in [-0.4, -0.2) is 9.13 Å². The zero-order valence-electron chi connectivity index (χ0n) is 27.4. The minimum absolute atomic E-state index is 0.0865. The topological polar surface area (TPSA) is 9.86 Å². The molecule has 1 aliphatic rings. The Bertz CT molecular complexity index is 3010. The van der Waals surface area contributed by atoms with Gasteiger partial charge in [0.15, 0.2) is 0 Å². The van der Waals surface area contributed by atoms with Gasteiger partial charge in [-0.1, -0.05) is 135 Å². The number of rotatable bonds is 2. The van der Waals surface area contributed by atoms with E-state index in [9.17, 15) is 0 Å². The summed E-state index contributed by atoms with van der Waals surface area (Å²) in [5.41, 5.74) is 12.7. The molecule has 2 heteroatoms. The minimum atomic E-state index is -0.0865. The highest BCUT2D eigenvalue weighted by atomic mass is 15.0. The summed E-state index contributed by atoms with van der Waals surface area (Å²) in [6, 6.07) is 58.6. The first-order chi connectivity index (χ1) is 24.1. The zero-order chi connectivity index (χ0) is 32.4. The molecule has 2 nitrogen and oxygen atoms in total. The van der Waals surface area contributed by atoms with Gasteiger partial charge in [0, 0.05) is 43.7 Å². The third-order valence-corrected chi connectivity index (χ3v) is 11.3. The summed E-state index contributed by atoms with van der Waals surface area (Å²) in [4.78, 5) is 0. The molecule has 0 spiro atoms. The van der Waals surface area contributed by atoms with E-state index in [4.69, 9.17) is 0 Å². The maximum atomic E-state index is 2.54. The molecule has 2 aromatic heterocycles. The second-order valence-corrected chi connectivity index (χ2v) is 14.1. The molecule has 0 aliphatic heterocycles. The van der Waals surface area contributed by atoms with Crippen molar-refractivity contribution in [3.63, 3.8) is 0 Å². The monoisotopic (exact) mass is 624 g/mol. The van der Waals surface area contributed by atoms with E-state index >= 15 is 0 Å². The Morgan fingerprint density at radius 3 is 1.84 bits per heavy atom. The van der Waals surface area contributed by atoms with Crippen molar-refractivity contribution in [3.05, 3.63) is 169 Å². The number of hydrogen-bond acceptors (Lipinski definition) is 0. The van der Waals surface area contributed by atoms with Crippen LogP contribution in [0.25, 0.3) is 87.7 Å². The largest absolute Gasteiger partial charge is 0.309 e. The van der Waals surface area contributed by atoms with Crippen LogP contribution in [0, 0.1) is 0 Å². The average Bonchev–Trinajstić information content (AvgIpc) is 3.75. The van der Waals surface area contributed by atoms with Gasteiger partial charge in [0.1, 0.15) is 0 Å². The molecule has 10 aromatic rings. The van der Waals surface area contributed by atoms with E-state index in [0.717, 1.165) is 0 Å². The van der Waals surface area contributed by atoms with Gasteiger partial charge in [0.05, 0.1) is 22.1 Å². The summed E-state index contributed by atoms with van der Waals surface area (Å²) in [5.74, 6) is 0. The molecule has 0 N–H and O–H groups in total. The van der Waals surface area contributed by atoms with Crippen molar-refractivity contribution in [2.75, 3.05) is 0 Å². The summed E-state index contributed by atoms with van der Waals surface area (Å²) >= 11 is 0. The van der Waals surface area contributed by atoms with Gasteiger partial charge in [-0.2, -0.15) is 0 Å². The fourth-order valence-corrected chi connectivity index (χ4v) is 9.08. The van der Waals surface area contributed by atoms with Gasteiger partial charge in [-0.3, -0.25) is 0 Å². The lowest BCUT2D eigenvalue weighted by atomic mass is 9.82. The third kappa shape index (κ3) is 3.45. The molecule has 0 bridgehead atoms. The highest BCUT2D eigenvalue weighted by molar-refractivity contribution is 6.32. The van der Waals surface area contributed by atoms with Crippen LogP contribution < -0.4 is 0 Å². The Hall–Kier alpha value is -6.12. The van der Waals surface area contributed by atoms with Gasteiger partial charge in [-0.05, 0) is 74.8 Å². The lowest BCUT2D eigenvalue weighted by molar-refractivity contribution is 0.660. The van der Waals surface area contributed by atoms with E-state index in [1.54, 1.807) is 0 Å². The summed E-state index contributed by atoms with van der Waals surface area (Å²) in [6.07, 6.45) is 0. The number of para-hydroxylation sites is 1. The van der Waals surface area contributed by atoms with E-state index in [-0.39, 0.29) is 5.41 Å². The van der Waals surface area contributed by atoms with Crippen molar-refractivity contribution in [1.82, 2.24) is 9.13 Å². The summed E-state index contributed by atoms with van der Waals surface area (Å²) in [6.45, 7) is 4.74. The smallest absolute Gasteiger partial charge is 0.0641 e. The highest BCUT2D eigenvalue weighted by Crippen LogP contribution is 2.50. The first kappa shape index (κ1) is 26.9. The third-order valence-electron chi connectivity index (χ3n) is 11.3. The Kier molecular flexibility index (Phi) is 5.21. The Labute approximate surface area is 284 Å². The number of aromatic nitrogens is 2. The SMILES string of the molecule is CC1(C)c2ccccc2-c2ccc(-n3c4ccc5c6c7ccccc7ccc6n(-c6ccccc6)c5c4c4ccc5ccccc5c43)cc21. The van der Waals surface area contributed by atoms with Crippen LogP contribution in [0.15, 0.2) is 158 Å². The second kappa shape index (κ2) is 9.49. The fraction of sp³-hybridized carbons (Fsp3) is 0.0638. The summed E-state index contributed by atoms with van der Waals surface area (Å²) < 4.78 is 5.04. The molecular weight excluding hydrogens is 593 g/mol. The second-order valence-electron chi connectivity index (χ2n) is 14.1. The van der Waals surface area contributed by atoms with Crippen molar-refractivity contribution >= 4 is 65.2 Å². The molecule has 0 saturated heterocycles. The Balaban J connectivity index is 1.35. The molecule has 49 heavy (non-hydrogen) atoms. The molecule has 0 amide bonds. The first-order valence-corrected chi connectivity index (χ1v) is 17.2. The fourth-order valence-electron chi connectivity index (χ4n) is 9.08. The van der Waals surface area contributed by atoms with E-state index in [1.165, 1.54) is 98.8 Å². The number of hydrogen-bond donors (Lipinski definition) is 0. The van der Waals surface area contributed by atoms with Crippen molar-refractivity contribution in [1.29, 1.82) is 0 Å². The van der Waals surface area contributed by atoms with Gasteiger partial charge < -0.3 is 9.13 Å². The van der Waals surface area contributed by atoms with Crippen LogP contribution in [0.4, 0.5) is 0 Å². The summed E-state index contributed by atoms with van der Waals surface area (Å²) in [5, 5.41) is 10.2. The van der Waals surface area contributed by atoms with Crippen LogP contribution in [0.2, 0.25) is 0 Å². The molecule has 8 aromatic carbocycles. The normalized spacial score (nSPS) is 13.7. The van der Waals surface area contributed by atoms with E-state index in [2.05, 4.69) is 181 Å². The van der Waals surface area contributed by atoms with E-state index in [1.807, 2.05) is 0 Å². The maximum Gasteiger partial charge on any atom is 0.0641 e. The molecule has 230 valence electrons. The first-order valence-electron chi connectivity index (χ1n) is 17.2. The zero-order valence-corrected chi connectivity index (χ0v) is 27.4. The van der Waals surface area contributed by atoms with Crippen molar-refractivity contribution in [2.24, 2.45) is 0 Å². The number of nitrogens with zero attached hydrogens (tertiary/aromatic N) is 2. The van der Waals surface area contributed by atoms with E-state index in [0.29, 0.717) is 0 Å². The Morgan fingerprint density at radius 2 is 0.980 bits per heavy atom. The van der Waals surface area contributed by atoms with Gasteiger partial charge in [0.25, 0.3) is 0 Å². The van der Waals surface area contributed by atoms with Crippen molar-refractivity contribution in [3.8, 4) is 22.5 Å². The molecule has 11 rings (SSSR count). The quantitative estimate of drug-likeness (QED) is 0.181. The van der Waals surface area contributed by atoms with Gasteiger partial charge in [-0.25, -0.2) is 0 Å². The Morgan fingerprint density at radius 1 is 0.388 bits per heavy atom. The molecule has 0 unspecified atom stereocenters. The number of fused-ring (bicyclic) bond motifs is 14. The molecule has 0 fully saturated rings. The van der Waals surface area contributed by atoms with Crippen LogP contribution >= 0.6 is 0 Å². The minimum Gasteiger partial charge on any atom is -0.309 e. The van der Waals surface area contributed by atoms with Crippen LogP contribution in [0.3, 0.4) is 0 Å². The van der Waals surface area contributed by atoms with E-state index < -0.39 is 0 Å². The van der Waals surface area contributed by atoms with Crippen LogP contribution in [0.5, 0.6) is 0 Å². The van der Waals surface area contributed by atoms with Crippen LogP contribution in [0.1, 0.15) is 25.0 Å². The molecule has 0 radical (unpaired) electrons. The molecule has 1 aliphatic carbocycles. The van der Waals surface area contributed by atoms with Gasteiger partial charge in [-0.15, -0.1) is 0 Å². The lowest BCUT2D eigenvalue weighted by Crippen LogP contribution is -2.15. The van der Waals surface area contributed by atoms with Crippen LogP contribution in [-0.2, 0) is 5.41 Å². The predicted octanol–water partition coefficient (Wildman–Crippen LogP) is 12.5. The number of benzene rings is 8. The average molecular weight is 625 g/mol. The molecule has 0 saturated carbocycles. The molecule has 2 heterocycles. The highest BCUT2D eigenvalue weighted by Gasteiger charge is 2.35. The maximum absolute atomic E-state index is 2.54. The van der Waals surface area contributed by atoms with Crippen molar-refractivity contribution in [2.45, 2.75) is 19.3 Å². The molecule has 0 atom stereocenters. The van der Waals surface area contributed by atoms with Gasteiger partial charge in [0.2, 0.25) is 0 Å². The van der Waals surface area contributed by atoms with Gasteiger partial charge >= 0.3 is 0 Å². The molecular formula is C47H32N2. The predicted molar refractivity (Wildman–Crippen MR) is 208 cm³/mol. The lowest BCUT2D eigenvalue weighted by Gasteiger charge is -2.22. The summed E-state index contributed by atoms with van der Waals surface area (Å²) in [7, 11) is 0.